The molecule has 0 aliphatic carbocycles. The van der Waals surface area contributed by atoms with E-state index in [0.717, 1.165) is 22.4 Å². The van der Waals surface area contributed by atoms with Gasteiger partial charge in [0.05, 0.1) is 13.7 Å². The van der Waals surface area contributed by atoms with E-state index in [0.29, 0.717) is 5.75 Å². The Balaban J connectivity index is 2.28. The highest BCUT2D eigenvalue weighted by Gasteiger charge is 2.13. The van der Waals surface area contributed by atoms with Crippen LogP contribution in [0.1, 0.15) is 27.8 Å². The summed E-state index contributed by atoms with van der Waals surface area (Å²) in [7, 11) is 1.45. The Hall–Kier alpha value is -2.11. The van der Waals surface area contributed by atoms with Crippen LogP contribution >= 0.6 is 12.2 Å². The van der Waals surface area contributed by atoms with Crippen LogP contribution in [0, 0.1) is 20.8 Å². The Morgan fingerprint density at radius 3 is 2.42 bits per heavy atom. The summed E-state index contributed by atoms with van der Waals surface area (Å²) in [5.41, 5.74) is 4.94. The van der Waals surface area contributed by atoms with E-state index in [2.05, 4.69) is 19.9 Å². The van der Waals surface area contributed by atoms with E-state index in [1.807, 2.05) is 19.1 Å². The first-order chi connectivity index (χ1) is 11.5. The summed E-state index contributed by atoms with van der Waals surface area (Å²) in [4.78, 5) is 0. The van der Waals surface area contributed by atoms with Crippen LogP contribution in [-0.4, -0.2) is 17.5 Å². The summed E-state index contributed by atoms with van der Waals surface area (Å²) in [5.74, 6) is 1.33. The zero-order valence-electron chi connectivity index (χ0n) is 14.4. The van der Waals surface area contributed by atoms with Crippen molar-refractivity contribution in [3.05, 3.63) is 58.1 Å². The van der Waals surface area contributed by atoms with Gasteiger partial charge in [-0.1, -0.05) is 18.2 Å². The van der Waals surface area contributed by atoms with Gasteiger partial charge in [-0.15, -0.1) is 0 Å². The lowest BCUT2D eigenvalue weighted by molar-refractivity contribution is 0.263. The lowest BCUT2D eigenvalue weighted by Crippen LogP contribution is -2.11. The SMILES string of the molecule is COC(=S)Oc1cccc(CO)c1COc1cc(C)c(C)cc1C. The minimum absolute atomic E-state index is 0.0219. The number of benzene rings is 2. The third kappa shape index (κ3) is 4.24. The molecule has 0 fully saturated rings. The second-order valence-electron chi connectivity index (χ2n) is 5.60. The molecule has 0 spiro atoms. The lowest BCUT2D eigenvalue weighted by Gasteiger charge is -2.16. The molecular formula is C19H22O4S. The van der Waals surface area contributed by atoms with Gasteiger partial charge in [0.25, 0.3) is 0 Å². The van der Waals surface area contributed by atoms with Gasteiger partial charge in [-0.2, -0.15) is 0 Å². The number of hydrogen-bond donors (Lipinski definition) is 1. The maximum atomic E-state index is 9.59. The van der Waals surface area contributed by atoms with E-state index in [-0.39, 0.29) is 18.5 Å². The van der Waals surface area contributed by atoms with Crippen LogP contribution in [0.3, 0.4) is 0 Å². The van der Waals surface area contributed by atoms with Gasteiger partial charge in [0.2, 0.25) is 0 Å². The van der Waals surface area contributed by atoms with E-state index >= 15 is 0 Å². The zero-order chi connectivity index (χ0) is 17.7. The molecule has 1 N–H and O–H groups in total. The summed E-state index contributed by atoms with van der Waals surface area (Å²) >= 11 is 4.96. The maximum Gasteiger partial charge on any atom is 0.357 e. The van der Waals surface area contributed by atoms with Crippen LogP contribution in [-0.2, 0) is 18.0 Å². The molecule has 24 heavy (non-hydrogen) atoms. The van der Waals surface area contributed by atoms with E-state index in [1.54, 1.807) is 12.1 Å². The number of aryl methyl sites for hydroxylation is 3. The third-order valence-corrected chi connectivity index (χ3v) is 4.17. The van der Waals surface area contributed by atoms with Crippen molar-refractivity contribution in [1.82, 2.24) is 0 Å². The van der Waals surface area contributed by atoms with Crippen molar-refractivity contribution >= 4 is 17.5 Å². The molecule has 128 valence electrons. The van der Waals surface area contributed by atoms with Crippen LogP contribution in [0.2, 0.25) is 0 Å². The normalized spacial score (nSPS) is 10.4. The Bertz CT molecular complexity index is 740. The van der Waals surface area contributed by atoms with Crippen LogP contribution in [0.25, 0.3) is 0 Å². The quantitative estimate of drug-likeness (QED) is 0.830. The molecule has 2 aromatic carbocycles. The summed E-state index contributed by atoms with van der Waals surface area (Å²) < 4.78 is 16.4. The van der Waals surface area contributed by atoms with Gasteiger partial charge in [-0.05, 0) is 55.2 Å². The fourth-order valence-electron chi connectivity index (χ4n) is 2.39. The number of thiocarbonyl (C=S) groups is 1. The zero-order valence-corrected chi connectivity index (χ0v) is 15.2. The topological polar surface area (TPSA) is 47.9 Å². The molecule has 5 heteroatoms. The average Bonchev–Trinajstić information content (AvgIpc) is 2.57. The third-order valence-electron chi connectivity index (χ3n) is 3.92. The van der Waals surface area contributed by atoms with E-state index < -0.39 is 0 Å². The molecule has 0 atom stereocenters. The molecule has 0 saturated heterocycles. The Labute approximate surface area is 148 Å². The van der Waals surface area contributed by atoms with Crippen molar-refractivity contribution in [2.75, 3.05) is 7.11 Å². The van der Waals surface area contributed by atoms with Crippen molar-refractivity contribution in [2.24, 2.45) is 0 Å². The molecule has 0 aliphatic heterocycles. The molecule has 0 heterocycles. The van der Waals surface area contributed by atoms with Gasteiger partial charge in [0.15, 0.2) is 0 Å². The highest BCUT2D eigenvalue weighted by molar-refractivity contribution is 7.79. The molecule has 0 radical (unpaired) electrons. The molecule has 4 nitrogen and oxygen atoms in total. The minimum Gasteiger partial charge on any atom is -0.488 e. The maximum absolute atomic E-state index is 9.59. The first-order valence-electron chi connectivity index (χ1n) is 7.64. The second kappa shape index (κ2) is 8.13. The van der Waals surface area contributed by atoms with Gasteiger partial charge in [-0.3, -0.25) is 0 Å². The van der Waals surface area contributed by atoms with Gasteiger partial charge in [0, 0.05) is 17.8 Å². The molecule has 0 aliphatic rings. The highest BCUT2D eigenvalue weighted by atomic mass is 32.1. The Morgan fingerprint density at radius 1 is 1.04 bits per heavy atom. The number of hydrogen-bond acceptors (Lipinski definition) is 5. The molecule has 0 amide bonds. The minimum atomic E-state index is -0.110. The first kappa shape index (κ1) is 18.2. The largest absolute Gasteiger partial charge is 0.488 e. The van der Waals surface area contributed by atoms with E-state index in [4.69, 9.17) is 26.4 Å². The monoisotopic (exact) mass is 346 g/mol. The summed E-state index contributed by atoms with van der Waals surface area (Å²) in [6, 6.07) is 9.52. The molecule has 2 aromatic rings. The van der Waals surface area contributed by atoms with Gasteiger partial charge in [-0.25, -0.2) is 0 Å². The van der Waals surface area contributed by atoms with Gasteiger partial charge < -0.3 is 19.3 Å². The van der Waals surface area contributed by atoms with Crippen LogP contribution in [0.4, 0.5) is 0 Å². The first-order valence-corrected chi connectivity index (χ1v) is 8.05. The number of ether oxygens (including phenoxy) is 3. The fraction of sp³-hybridized carbons (Fsp3) is 0.316. The Kier molecular flexibility index (Phi) is 6.17. The van der Waals surface area contributed by atoms with Crippen LogP contribution in [0.5, 0.6) is 11.5 Å². The van der Waals surface area contributed by atoms with Crippen molar-refractivity contribution in [3.8, 4) is 11.5 Å². The van der Waals surface area contributed by atoms with Crippen LogP contribution in [0.15, 0.2) is 30.3 Å². The average molecular weight is 346 g/mol. The van der Waals surface area contributed by atoms with Crippen molar-refractivity contribution in [2.45, 2.75) is 34.0 Å². The summed E-state index contributed by atoms with van der Waals surface area (Å²) in [6.07, 6.45) is 0. The lowest BCUT2D eigenvalue weighted by atomic mass is 10.1. The van der Waals surface area contributed by atoms with E-state index in [9.17, 15) is 5.11 Å². The predicted molar refractivity (Wildman–Crippen MR) is 97.6 cm³/mol. The molecule has 0 bridgehead atoms. The van der Waals surface area contributed by atoms with Gasteiger partial charge in [0.1, 0.15) is 18.1 Å². The molecule has 0 unspecified atom stereocenters. The summed E-state index contributed by atoms with van der Waals surface area (Å²) in [5, 5.41) is 9.61. The second-order valence-corrected chi connectivity index (χ2v) is 5.93. The van der Waals surface area contributed by atoms with Crippen molar-refractivity contribution in [3.63, 3.8) is 0 Å². The Morgan fingerprint density at radius 2 is 1.75 bits per heavy atom. The number of aliphatic hydroxyl groups is 1. The molecule has 2 rings (SSSR count). The molecule has 0 aromatic heterocycles. The number of rotatable bonds is 5. The standard InChI is InChI=1S/C19H22O4S/c1-12-8-14(3)18(9-13(12)2)22-11-16-15(10-20)6-5-7-17(16)23-19(24)21-4/h5-9,20H,10-11H2,1-4H3. The molecular weight excluding hydrogens is 324 g/mol. The van der Waals surface area contributed by atoms with Crippen molar-refractivity contribution in [1.29, 1.82) is 0 Å². The molecule has 0 saturated carbocycles. The highest BCUT2D eigenvalue weighted by Crippen LogP contribution is 2.28. The summed E-state index contributed by atoms with van der Waals surface area (Å²) in [6.45, 7) is 6.29. The van der Waals surface area contributed by atoms with Gasteiger partial charge >= 0.3 is 5.24 Å². The fourth-order valence-corrected chi connectivity index (χ4v) is 2.48. The van der Waals surface area contributed by atoms with E-state index in [1.165, 1.54) is 18.2 Å². The number of methoxy groups -OCH3 is 1. The van der Waals surface area contributed by atoms with Crippen molar-refractivity contribution < 1.29 is 19.3 Å². The number of aliphatic hydroxyl groups excluding tert-OH is 1. The smallest absolute Gasteiger partial charge is 0.357 e. The van der Waals surface area contributed by atoms with Crippen LogP contribution < -0.4 is 9.47 Å². The predicted octanol–water partition coefficient (Wildman–Crippen LogP) is 3.99.